The summed E-state index contributed by atoms with van der Waals surface area (Å²) in [5, 5.41) is 20.5. The van der Waals surface area contributed by atoms with Crippen LogP contribution in [0.3, 0.4) is 0 Å². The van der Waals surface area contributed by atoms with E-state index in [0.29, 0.717) is 26.3 Å². The second-order valence-electron chi connectivity index (χ2n) is 8.27. The zero-order valence-electron chi connectivity index (χ0n) is 18.1. The van der Waals surface area contributed by atoms with Crippen LogP contribution in [0.1, 0.15) is 33.5 Å². The average Bonchev–Trinajstić information content (AvgIpc) is 3.48. The van der Waals surface area contributed by atoms with Crippen LogP contribution in [0.4, 0.5) is 0 Å². The highest BCUT2D eigenvalue weighted by molar-refractivity contribution is 6.00. The summed E-state index contributed by atoms with van der Waals surface area (Å²) in [6, 6.07) is 17.8. The molecule has 1 saturated heterocycles. The molecule has 1 atom stereocenters. The Morgan fingerprint density at radius 1 is 1.03 bits per heavy atom. The van der Waals surface area contributed by atoms with E-state index in [1.807, 2.05) is 48.5 Å². The van der Waals surface area contributed by atoms with Crippen molar-refractivity contribution in [3.8, 4) is 23.0 Å². The van der Waals surface area contributed by atoms with Crippen LogP contribution >= 0.6 is 0 Å². The largest absolute Gasteiger partial charge is 0.508 e. The van der Waals surface area contributed by atoms with Gasteiger partial charge >= 0.3 is 0 Å². The van der Waals surface area contributed by atoms with E-state index in [-0.39, 0.29) is 41.4 Å². The molecule has 7 heteroatoms. The third-order valence-electron chi connectivity index (χ3n) is 5.93. The third kappa shape index (κ3) is 4.45. The van der Waals surface area contributed by atoms with Gasteiger partial charge in [-0.05, 0) is 17.2 Å². The van der Waals surface area contributed by atoms with Crippen molar-refractivity contribution in [3.05, 3.63) is 82.9 Å². The molecule has 0 saturated carbocycles. The van der Waals surface area contributed by atoms with Gasteiger partial charge in [0.25, 0.3) is 5.91 Å². The molecule has 2 N–H and O–H groups in total. The SMILES string of the molecule is O=C(c1c(O)cc(O)cc1OCc1ccccc1)N1Cc2cccc(OC3CCOC3)c2C1. The Balaban J connectivity index is 1.38. The molecule has 2 aliphatic rings. The highest BCUT2D eigenvalue weighted by Crippen LogP contribution is 2.38. The van der Waals surface area contributed by atoms with Gasteiger partial charge in [0.15, 0.2) is 0 Å². The third-order valence-corrected chi connectivity index (χ3v) is 5.93. The predicted octanol–water partition coefficient (Wildman–Crippen LogP) is 4.00. The number of carbonyl (C=O) groups is 1. The first-order chi connectivity index (χ1) is 16.1. The fraction of sp³-hybridized carbons (Fsp3) is 0.269. The van der Waals surface area contributed by atoms with Crippen molar-refractivity contribution in [1.82, 2.24) is 4.90 Å². The molecule has 170 valence electrons. The Labute approximate surface area is 191 Å². The first-order valence-electron chi connectivity index (χ1n) is 11.0. The van der Waals surface area contributed by atoms with Crippen LogP contribution in [-0.2, 0) is 24.4 Å². The number of phenolic OH excluding ortho intramolecular Hbond substituents is 2. The minimum Gasteiger partial charge on any atom is -0.508 e. The lowest BCUT2D eigenvalue weighted by Gasteiger charge is -2.20. The van der Waals surface area contributed by atoms with E-state index in [0.717, 1.165) is 34.9 Å². The van der Waals surface area contributed by atoms with Crippen LogP contribution in [0.15, 0.2) is 60.7 Å². The summed E-state index contributed by atoms with van der Waals surface area (Å²) in [5.41, 5.74) is 2.90. The number of rotatable bonds is 6. The fourth-order valence-electron chi connectivity index (χ4n) is 4.24. The summed E-state index contributed by atoms with van der Waals surface area (Å²) in [6.07, 6.45) is 0.857. The summed E-state index contributed by atoms with van der Waals surface area (Å²) in [7, 11) is 0. The lowest BCUT2D eigenvalue weighted by Crippen LogP contribution is -2.26. The number of nitrogens with zero attached hydrogens (tertiary/aromatic N) is 1. The van der Waals surface area contributed by atoms with E-state index < -0.39 is 0 Å². The molecule has 2 aliphatic heterocycles. The number of hydrogen-bond acceptors (Lipinski definition) is 6. The Kier molecular flexibility index (Phi) is 5.79. The van der Waals surface area contributed by atoms with Crippen LogP contribution in [0.25, 0.3) is 0 Å². The van der Waals surface area contributed by atoms with Crippen molar-refractivity contribution in [2.24, 2.45) is 0 Å². The first-order valence-corrected chi connectivity index (χ1v) is 11.0. The van der Waals surface area contributed by atoms with Gasteiger partial charge in [-0.15, -0.1) is 0 Å². The van der Waals surface area contributed by atoms with E-state index in [1.165, 1.54) is 6.07 Å². The number of ether oxygens (including phenoxy) is 3. The quantitative estimate of drug-likeness (QED) is 0.594. The molecule has 0 radical (unpaired) electrons. The molecule has 0 spiro atoms. The predicted molar refractivity (Wildman–Crippen MR) is 120 cm³/mol. The van der Waals surface area contributed by atoms with Gasteiger partial charge in [-0.3, -0.25) is 4.79 Å². The molecule has 3 aromatic rings. The number of hydrogen-bond donors (Lipinski definition) is 2. The van der Waals surface area contributed by atoms with Gasteiger partial charge in [0.1, 0.15) is 41.3 Å². The van der Waals surface area contributed by atoms with Crippen molar-refractivity contribution in [1.29, 1.82) is 0 Å². The van der Waals surface area contributed by atoms with E-state index in [9.17, 15) is 15.0 Å². The molecule has 3 aromatic carbocycles. The fourth-order valence-corrected chi connectivity index (χ4v) is 4.24. The Morgan fingerprint density at radius 3 is 2.67 bits per heavy atom. The Hall–Kier alpha value is -3.71. The standard InChI is InChI=1S/C26H25NO6/c28-19-11-22(29)25(24(12-19)32-15-17-5-2-1-3-6-17)26(30)27-13-18-7-4-8-23(21(18)14-27)33-20-9-10-31-16-20/h1-8,11-12,20,28-29H,9-10,13-16H2. The van der Waals surface area contributed by atoms with E-state index in [1.54, 1.807) is 4.90 Å². The molecule has 0 aromatic heterocycles. The second kappa shape index (κ2) is 9.03. The molecular formula is C26H25NO6. The molecule has 0 aliphatic carbocycles. The van der Waals surface area contributed by atoms with Crippen molar-refractivity contribution < 1.29 is 29.2 Å². The molecule has 5 rings (SSSR count). The lowest BCUT2D eigenvalue weighted by atomic mass is 10.1. The number of benzene rings is 3. The van der Waals surface area contributed by atoms with Gasteiger partial charge in [0.2, 0.25) is 0 Å². The summed E-state index contributed by atoms with van der Waals surface area (Å²) < 4.78 is 17.4. The molecule has 1 fully saturated rings. The van der Waals surface area contributed by atoms with Crippen LogP contribution in [0.5, 0.6) is 23.0 Å². The number of aromatic hydroxyl groups is 2. The molecule has 1 amide bonds. The van der Waals surface area contributed by atoms with Gasteiger partial charge < -0.3 is 29.3 Å². The van der Waals surface area contributed by atoms with Crippen LogP contribution in [0, 0.1) is 0 Å². The van der Waals surface area contributed by atoms with E-state index in [4.69, 9.17) is 14.2 Å². The Bertz CT molecular complexity index is 1160. The minimum atomic E-state index is -0.373. The van der Waals surface area contributed by atoms with Gasteiger partial charge in [0, 0.05) is 30.7 Å². The summed E-state index contributed by atoms with van der Waals surface area (Å²) >= 11 is 0. The van der Waals surface area contributed by atoms with E-state index in [2.05, 4.69) is 0 Å². The monoisotopic (exact) mass is 447 g/mol. The highest BCUT2D eigenvalue weighted by Gasteiger charge is 2.31. The average molecular weight is 447 g/mol. The molecule has 7 nitrogen and oxygen atoms in total. The highest BCUT2D eigenvalue weighted by atomic mass is 16.5. The first kappa shape index (κ1) is 21.2. The maximum absolute atomic E-state index is 13.5. The smallest absolute Gasteiger partial charge is 0.262 e. The van der Waals surface area contributed by atoms with Gasteiger partial charge in [-0.25, -0.2) is 0 Å². The van der Waals surface area contributed by atoms with Gasteiger partial charge in [-0.2, -0.15) is 0 Å². The van der Waals surface area contributed by atoms with Crippen molar-refractivity contribution in [3.63, 3.8) is 0 Å². The number of phenols is 2. The van der Waals surface area contributed by atoms with Crippen molar-refractivity contribution >= 4 is 5.91 Å². The number of amides is 1. The lowest BCUT2D eigenvalue weighted by molar-refractivity contribution is 0.0741. The van der Waals surface area contributed by atoms with Crippen molar-refractivity contribution in [2.75, 3.05) is 13.2 Å². The van der Waals surface area contributed by atoms with Crippen molar-refractivity contribution in [2.45, 2.75) is 32.2 Å². The maximum Gasteiger partial charge on any atom is 0.262 e. The summed E-state index contributed by atoms with van der Waals surface area (Å²) in [6.45, 7) is 2.21. The van der Waals surface area contributed by atoms with Gasteiger partial charge in [0.05, 0.1) is 19.8 Å². The summed E-state index contributed by atoms with van der Waals surface area (Å²) in [5.74, 6) is 0.0254. The normalized spacial score (nSPS) is 17.1. The maximum atomic E-state index is 13.5. The molecule has 2 heterocycles. The zero-order chi connectivity index (χ0) is 22.8. The number of fused-ring (bicyclic) bond motifs is 1. The molecule has 33 heavy (non-hydrogen) atoms. The molecule has 0 bridgehead atoms. The summed E-state index contributed by atoms with van der Waals surface area (Å²) in [4.78, 5) is 15.1. The van der Waals surface area contributed by atoms with Crippen LogP contribution < -0.4 is 9.47 Å². The van der Waals surface area contributed by atoms with Gasteiger partial charge in [-0.1, -0.05) is 42.5 Å². The molecular weight excluding hydrogens is 422 g/mol. The van der Waals surface area contributed by atoms with E-state index >= 15 is 0 Å². The topological polar surface area (TPSA) is 88.5 Å². The minimum absolute atomic E-state index is 0.0142. The van der Waals surface area contributed by atoms with Crippen LogP contribution in [-0.4, -0.2) is 40.3 Å². The second-order valence-corrected chi connectivity index (χ2v) is 8.27. The molecule has 1 unspecified atom stereocenters. The number of carbonyl (C=O) groups excluding carboxylic acids is 1. The Morgan fingerprint density at radius 2 is 1.88 bits per heavy atom. The van der Waals surface area contributed by atoms with Crippen LogP contribution in [0.2, 0.25) is 0 Å². The zero-order valence-corrected chi connectivity index (χ0v) is 18.1.